The van der Waals surface area contributed by atoms with Gasteiger partial charge in [-0.3, -0.25) is 0 Å². The third-order valence-corrected chi connectivity index (χ3v) is 3.71. The van der Waals surface area contributed by atoms with E-state index in [2.05, 4.69) is 11.8 Å². The monoisotopic (exact) mass is 341 g/mol. The Balaban J connectivity index is 0.00000117. The van der Waals surface area contributed by atoms with Gasteiger partial charge in [-0.1, -0.05) is 61.6 Å². The minimum absolute atomic E-state index is 0.0549. The zero-order chi connectivity index (χ0) is 18.9. The van der Waals surface area contributed by atoms with Gasteiger partial charge in [-0.25, -0.2) is 4.39 Å². The summed E-state index contributed by atoms with van der Waals surface area (Å²) < 4.78 is 13.7. The number of hydrogen-bond acceptors (Lipinski definition) is 1. The van der Waals surface area contributed by atoms with Crippen molar-refractivity contribution in [2.75, 3.05) is 0 Å². The normalized spacial score (nSPS) is 9.19. The van der Waals surface area contributed by atoms with Gasteiger partial charge in [-0.2, -0.15) is 5.26 Å². The molecule has 26 heavy (non-hydrogen) atoms. The van der Waals surface area contributed by atoms with Crippen LogP contribution in [0.4, 0.5) is 4.39 Å². The fourth-order valence-corrected chi connectivity index (χ4v) is 2.31. The molecule has 0 amide bonds. The van der Waals surface area contributed by atoms with E-state index in [1.165, 1.54) is 17.7 Å². The van der Waals surface area contributed by atoms with E-state index in [-0.39, 0.29) is 5.56 Å². The molecule has 0 aromatic heterocycles. The lowest BCUT2D eigenvalue weighted by Gasteiger charge is -2.03. The van der Waals surface area contributed by atoms with Crippen LogP contribution in [0.3, 0.4) is 0 Å². The summed E-state index contributed by atoms with van der Waals surface area (Å²) in [4.78, 5) is 0. The van der Waals surface area contributed by atoms with Gasteiger partial charge in [0.05, 0.1) is 5.56 Å². The molecular formula is C24H20FN. The molecule has 0 aliphatic rings. The van der Waals surface area contributed by atoms with Gasteiger partial charge >= 0.3 is 0 Å². The SMILES string of the molecule is CC.Cc1ccc(C#Cc2ccc(-c3ccc(C#N)c(F)c3)cc2)cc1. The van der Waals surface area contributed by atoms with E-state index in [1.807, 2.05) is 75.4 Å². The van der Waals surface area contributed by atoms with Gasteiger partial charge in [0.2, 0.25) is 0 Å². The topological polar surface area (TPSA) is 23.8 Å². The minimum atomic E-state index is -0.502. The van der Waals surface area contributed by atoms with Crippen molar-refractivity contribution < 1.29 is 4.39 Å². The van der Waals surface area contributed by atoms with E-state index in [0.717, 1.165) is 22.3 Å². The highest BCUT2D eigenvalue weighted by molar-refractivity contribution is 5.65. The van der Waals surface area contributed by atoms with Crippen molar-refractivity contribution in [3.63, 3.8) is 0 Å². The zero-order valence-corrected chi connectivity index (χ0v) is 15.2. The second-order valence-corrected chi connectivity index (χ2v) is 5.50. The van der Waals surface area contributed by atoms with Crippen molar-refractivity contribution in [3.05, 3.63) is 94.8 Å². The smallest absolute Gasteiger partial charge is 0.141 e. The van der Waals surface area contributed by atoms with Crippen molar-refractivity contribution in [3.8, 4) is 29.0 Å². The van der Waals surface area contributed by atoms with Crippen LogP contribution in [0.25, 0.3) is 11.1 Å². The van der Waals surface area contributed by atoms with E-state index in [0.29, 0.717) is 0 Å². The standard InChI is InChI=1S/C22H14FN.C2H6/c1-16-2-4-17(5-3-16)6-7-18-8-10-19(11-9-18)20-12-13-21(15-24)22(23)14-20;1-2/h2-5,8-14H,1H3;1-2H3. The molecule has 3 aromatic rings. The molecule has 0 fully saturated rings. The Bertz CT molecular complexity index is 966. The Morgan fingerprint density at radius 3 is 1.73 bits per heavy atom. The maximum atomic E-state index is 13.7. The molecule has 0 atom stereocenters. The van der Waals surface area contributed by atoms with Crippen LogP contribution >= 0.6 is 0 Å². The average Bonchev–Trinajstić information content (AvgIpc) is 2.69. The summed E-state index contributed by atoms with van der Waals surface area (Å²) in [5, 5.41) is 8.78. The third-order valence-electron chi connectivity index (χ3n) is 3.71. The van der Waals surface area contributed by atoms with Crippen LogP contribution in [0, 0.1) is 35.9 Å². The highest BCUT2D eigenvalue weighted by Gasteiger charge is 2.04. The molecule has 0 saturated heterocycles. The molecule has 0 aliphatic carbocycles. The average molecular weight is 341 g/mol. The molecule has 128 valence electrons. The molecule has 0 saturated carbocycles. The van der Waals surface area contributed by atoms with Crippen LogP contribution in [0.5, 0.6) is 0 Å². The van der Waals surface area contributed by atoms with Crippen molar-refractivity contribution in [2.45, 2.75) is 20.8 Å². The van der Waals surface area contributed by atoms with Crippen molar-refractivity contribution in [1.29, 1.82) is 5.26 Å². The first kappa shape index (κ1) is 19.0. The van der Waals surface area contributed by atoms with E-state index in [4.69, 9.17) is 5.26 Å². The lowest BCUT2D eigenvalue weighted by atomic mass is 10.0. The first-order chi connectivity index (χ1) is 12.7. The summed E-state index contributed by atoms with van der Waals surface area (Å²) >= 11 is 0. The molecule has 3 rings (SSSR count). The van der Waals surface area contributed by atoms with E-state index < -0.39 is 5.82 Å². The van der Waals surface area contributed by atoms with Gasteiger partial charge in [0.1, 0.15) is 11.9 Å². The second-order valence-electron chi connectivity index (χ2n) is 5.50. The van der Waals surface area contributed by atoms with Crippen LogP contribution in [0.1, 0.15) is 36.1 Å². The number of nitrogens with zero attached hydrogens (tertiary/aromatic N) is 1. The second kappa shape index (κ2) is 9.21. The van der Waals surface area contributed by atoms with Crippen molar-refractivity contribution >= 4 is 0 Å². The summed E-state index contributed by atoms with van der Waals surface area (Å²) in [6.45, 7) is 6.04. The highest BCUT2D eigenvalue weighted by Crippen LogP contribution is 2.22. The molecule has 3 aromatic carbocycles. The fraction of sp³-hybridized carbons (Fsp3) is 0.125. The molecular weight excluding hydrogens is 321 g/mol. The Hall–Kier alpha value is -3.36. The maximum Gasteiger partial charge on any atom is 0.141 e. The van der Waals surface area contributed by atoms with Crippen LogP contribution in [-0.4, -0.2) is 0 Å². The molecule has 0 unspecified atom stereocenters. The Morgan fingerprint density at radius 1 is 0.731 bits per heavy atom. The van der Waals surface area contributed by atoms with E-state index in [9.17, 15) is 4.39 Å². The predicted octanol–water partition coefficient (Wildman–Crippen LogP) is 6.10. The molecule has 0 spiro atoms. The molecule has 0 radical (unpaired) electrons. The first-order valence-corrected chi connectivity index (χ1v) is 8.54. The molecule has 0 N–H and O–H groups in total. The summed E-state index contributed by atoms with van der Waals surface area (Å²) in [6.07, 6.45) is 0. The summed E-state index contributed by atoms with van der Waals surface area (Å²) in [6, 6.07) is 22.1. The van der Waals surface area contributed by atoms with Crippen molar-refractivity contribution in [2.24, 2.45) is 0 Å². The quantitative estimate of drug-likeness (QED) is 0.491. The van der Waals surface area contributed by atoms with Gasteiger partial charge in [0.25, 0.3) is 0 Å². The summed E-state index contributed by atoms with van der Waals surface area (Å²) in [7, 11) is 0. The lowest BCUT2D eigenvalue weighted by Crippen LogP contribution is -1.86. The van der Waals surface area contributed by atoms with Gasteiger partial charge in [-0.15, -0.1) is 0 Å². The Labute approximate surface area is 154 Å². The first-order valence-electron chi connectivity index (χ1n) is 8.54. The third kappa shape index (κ3) is 4.82. The highest BCUT2D eigenvalue weighted by atomic mass is 19.1. The maximum absolute atomic E-state index is 13.7. The molecule has 0 bridgehead atoms. The number of nitriles is 1. The number of aryl methyl sites for hydroxylation is 1. The van der Waals surface area contributed by atoms with Crippen molar-refractivity contribution in [1.82, 2.24) is 0 Å². The van der Waals surface area contributed by atoms with Crippen LogP contribution < -0.4 is 0 Å². The predicted molar refractivity (Wildman–Crippen MR) is 105 cm³/mol. The van der Waals surface area contributed by atoms with Crippen LogP contribution in [0.15, 0.2) is 66.7 Å². The van der Waals surface area contributed by atoms with Crippen LogP contribution in [-0.2, 0) is 0 Å². The number of halogens is 1. The van der Waals surface area contributed by atoms with Gasteiger partial charge in [0.15, 0.2) is 0 Å². The molecule has 0 aliphatic heterocycles. The molecule has 1 nitrogen and oxygen atoms in total. The van der Waals surface area contributed by atoms with Gasteiger partial charge < -0.3 is 0 Å². The van der Waals surface area contributed by atoms with Gasteiger partial charge in [-0.05, 0) is 54.4 Å². The van der Waals surface area contributed by atoms with Crippen LogP contribution in [0.2, 0.25) is 0 Å². The molecule has 2 heteroatoms. The Kier molecular flexibility index (Phi) is 6.72. The Morgan fingerprint density at radius 2 is 1.23 bits per heavy atom. The molecule has 0 heterocycles. The number of rotatable bonds is 1. The number of hydrogen-bond donors (Lipinski definition) is 0. The fourth-order valence-electron chi connectivity index (χ4n) is 2.31. The lowest BCUT2D eigenvalue weighted by molar-refractivity contribution is 0.624. The minimum Gasteiger partial charge on any atom is -0.206 e. The zero-order valence-electron chi connectivity index (χ0n) is 15.2. The largest absolute Gasteiger partial charge is 0.206 e. The summed E-state index contributed by atoms with van der Waals surface area (Å²) in [5.41, 5.74) is 4.76. The van der Waals surface area contributed by atoms with E-state index in [1.54, 1.807) is 6.07 Å². The van der Waals surface area contributed by atoms with E-state index >= 15 is 0 Å². The number of benzene rings is 3. The van der Waals surface area contributed by atoms with Gasteiger partial charge in [0, 0.05) is 11.1 Å². The summed E-state index contributed by atoms with van der Waals surface area (Å²) in [5.74, 6) is 5.75.